The van der Waals surface area contributed by atoms with Crippen molar-refractivity contribution in [3.8, 4) is 0 Å². The molecule has 0 bridgehead atoms. The van der Waals surface area contributed by atoms with Gasteiger partial charge in [-0.3, -0.25) is 14.7 Å². The first-order chi connectivity index (χ1) is 11.7. The molecular formula is C18H16N4O2. The highest BCUT2D eigenvalue weighted by atomic mass is 16.2. The Balaban J connectivity index is 1.47. The normalized spacial score (nSPS) is 13.7. The minimum Gasteiger partial charge on any atom is -0.326 e. The van der Waals surface area contributed by atoms with E-state index in [4.69, 9.17) is 0 Å². The zero-order valence-corrected chi connectivity index (χ0v) is 12.9. The molecule has 2 aromatic carbocycles. The average Bonchev–Trinajstić information content (AvgIpc) is 3.33. The number of hydrogen-bond donors (Lipinski definition) is 3. The Morgan fingerprint density at radius 3 is 2.42 bits per heavy atom. The van der Waals surface area contributed by atoms with Crippen LogP contribution in [0.2, 0.25) is 0 Å². The maximum absolute atomic E-state index is 12.5. The maximum Gasteiger partial charge on any atom is 0.257 e. The lowest BCUT2D eigenvalue weighted by molar-refractivity contribution is -0.117. The molecule has 24 heavy (non-hydrogen) atoms. The number of H-pyrrole nitrogens is 1. The van der Waals surface area contributed by atoms with E-state index in [1.807, 2.05) is 12.1 Å². The van der Waals surface area contributed by atoms with Gasteiger partial charge in [0.15, 0.2) is 0 Å². The predicted octanol–water partition coefficient (Wildman–Crippen LogP) is 3.16. The molecule has 0 aliphatic heterocycles. The van der Waals surface area contributed by atoms with Gasteiger partial charge in [-0.25, -0.2) is 0 Å². The molecule has 1 fully saturated rings. The number of rotatable bonds is 4. The predicted molar refractivity (Wildman–Crippen MR) is 91.8 cm³/mol. The number of aromatic amines is 1. The van der Waals surface area contributed by atoms with E-state index in [1.54, 1.807) is 36.5 Å². The van der Waals surface area contributed by atoms with Crippen LogP contribution in [0.1, 0.15) is 23.2 Å². The molecule has 2 amide bonds. The molecule has 1 aromatic heterocycles. The van der Waals surface area contributed by atoms with Crippen molar-refractivity contribution in [1.29, 1.82) is 0 Å². The highest BCUT2D eigenvalue weighted by Gasteiger charge is 2.29. The zero-order valence-electron chi connectivity index (χ0n) is 12.9. The summed E-state index contributed by atoms with van der Waals surface area (Å²) in [4.78, 5) is 24.2. The molecule has 4 rings (SSSR count). The van der Waals surface area contributed by atoms with Crippen LogP contribution in [0.3, 0.4) is 0 Å². The van der Waals surface area contributed by atoms with Crippen molar-refractivity contribution in [3.63, 3.8) is 0 Å². The van der Waals surface area contributed by atoms with E-state index in [2.05, 4.69) is 20.8 Å². The molecule has 1 aliphatic rings. The Bertz CT molecular complexity index is 910. The smallest absolute Gasteiger partial charge is 0.257 e. The fourth-order valence-electron chi connectivity index (χ4n) is 2.58. The number of fused-ring (bicyclic) bond motifs is 1. The number of para-hydroxylation sites is 1. The summed E-state index contributed by atoms with van der Waals surface area (Å²) in [6.07, 6.45) is 3.63. The summed E-state index contributed by atoms with van der Waals surface area (Å²) in [6, 6.07) is 12.6. The number of hydrogen-bond acceptors (Lipinski definition) is 3. The van der Waals surface area contributed by atoms with Crippen LogP contribution in [-0.2, 0) is 4.79 Å². The number of benzene rings is 2. The van der Waals surface area contributed by atoms with Crippen LogP contribution in [0.25, 0.3) is 10.9 Å². The highest BCUT2D eigenvalue weighted by molar-refractivity contribution is 6.11. The van der Waals surface area contributed by atoms with Gasteiger partial charge in [-0.2, -0.15) is 5.10 Å². The minimum atomic E-state index is -0.209. The van der Waals surface area contributed by atoms with Crippen LogP contribution in [0.4, 0.5) is 11.4 Å². The van der Waals surface area contributed by atoms with Gasteiger partial charge in [0.2, 0.25) is 5.91 Å². The van der Waals surface area contributed by atoms with Crippen LogP contribution in [0.15, 0.2) is 48.7 Å². The summed E-state index contributed by atoms with van der Waals surface area (Å²) < 4.78 is 0. The fraction of sp³-hybridized carbons (Fsp3) is 0.167. The second kappa shape index (κ2) is 5.81. The first kappa shape index (κ1) is 14.4. The lowest BCUT2D eigenvalue weighted by atomic mass is 10.1. The molecule has 0 saturated heterocycles. The van der Waals surface area contributed by atoms with E-state index >= 15 is 0 Å². The van der Waals surface area contributed by atoms with E-state index in [9.17, 15) is 9.59 Å². The SMILES string of the molecule is O=C(Nc1ccc(NC(=O)C2CC2)cc1)c1cccc2cn[nH]c12. The summed E-state index contributed by atoms with van der Waals surface area (Å²) >= 11 is 0. The van der Waals surface area contributed by atoms with Crippen LogP contribution in [0, 0.1) is 5.92 Å². The number of aromatic nitrogens is 2. The van der Waals surface area contributed by atoms with E-state index in [0.717, 1.165) is 23.9 Å². The summed E-state index contributed by atoms with van der Waals surface area (Å²) in [5.41, 5.74) is 2.65. The van der Waals surface area contributed by atoms with Crippen LogP contribution >= 0.6 is 0 Å². The van der Waals surface area contributed by atoms with Crippen molar-refractivity contribution in [3.05, 3.63) is 54.2 Å². The third kappa shape index (κ3) is 2.86. The fourth-order valence-corrected chi connectivity index (χ4v) is 2.58. The molecule has 0 atom stereocenters. The lowest BCUT2D eigenvalue weighted by Crippen LogP contribution is -2.14. The Morgan fingerprint density at radius 1 is 1.00 bits per heavy atom. The monoisotopic (exact) mass is 320 g/mol. The van der Waals surface area contributed by atoms with Crippen molar-refractivity contribution in [2.45, 2.75) is 12.8 Å². The molecule has 0 spiro atoms. The van der Waals surface area contributed by atoms with E-state index in [0.29, 0.717) is 16.8 Å². The van der Waals surface area contributed by atoms with Crippen LogP contribution in [-0.4, -0.2) is 22.0 Å². The highest BCUT2D eigenvalue weighted by Crippen LogP contribution is 2.30. The molecule has 0 unspecified atom stereocenters. The molecular weight excluding hydrogens is 304 g/mol. The number of nitrogens with one attached hydrogen (secondary N) is 3. The third-order valence-corrected chi connectivity index (χ3v) is 4.08. The second-order valence-corrected chi connectivity index (χ2v) is 5.93. The number of carbonyl (C=O) groups is 2. The Labute approximate surface area is 138 Å². The van der Waals surface area contributed by atoms with Crippen molar-refractivity contribution < 1.29 is 9.59 Å². The quantitative estimate of drug-likeness (QED) is 0.690. The van der Waals surface area contributed by atoms with E-state index < -0.39 is 0 Å². The first-order valence-corrected chi connectivity index (χ1v) is 7.85. The molecule has 6 nitrogen and oxygen atoms in total. The lowest BCUT2D eigenvalue weighted by Gasteiger charge is -2.08. The molecule has 6 heteroatoms. The molecule has 1 saturated carbocycles. The van der Waals surface area contributed by atoms with Gasteiger partial charge in [-0.1, -0.05) is 12.1 Å². The topological polar surface area (TPSA) is 86.9 Å². The van der Waals surface area contributed by atoms with Crippen LogP contribution in [0.5, 0.6) is 0 Å². The van der Waals surface area contributed by atoms with Gasteiger partial charge in [-0.15, -0.1) is 0 Å². The number of anilines is 2. The minimum absolute atomic E-state index is 0.0673. The summed E-state index contributed by atoms with van der Waals surface area (Å²) in [5, 5.41) is 13.4. The zero-order chi connectivity index (χ0) is 16.5. The molecule has 120 valence electrons. The second-order valence-electron chi connectivity index (χ2n) is 5.93. The number of amides is 2. The van der Waals surface area contributed by atoms with Gasteiger partial charge in [0.1, 0.15) is 0 Å². The molecule has 3 N–H and O–H groups in total. The Hall–Kier alpha value is -3.15. The number of nitrogens with zero attached hydrogens (tertiary/aromatic N) is 1. The third-order valence-electron chi connectivity index (χ3n) is 4.08. The van der Waals surface area contributed by atoms with Gasteiger partial charge in [0.05, 0.1) is 17.3 Å². The van der Waals surface area contributed by atoms with E-state index in [-0.39, 0.29) is 17.7 Å². The van der Waals surface area contributed by atoms with Crippen molar-refractivity contribution in [2.75, 3.05) is 10.6 Å². The molecule has 1 heterocycles. The Morgan fingerprint density at radius 2 is 1.71 bits per heavy atom. The van der Waals surface area contributed by atoms with Crippen LogP contribution < -0.4 is 10.6 Å². The van der Waals surface area contributed by atoms with Gasteiger partial charge in [-0.05, 0) is 43.2 Å². The standard InChI is InChI=1S/C18H16N4O2/c23-17(11-4-5-11)20-13-6-8-14(9-7-13)21-18(24)15-3-1-2-12-10-19-22-16(12)15/h1-3,6-11H,4-5H2,(H,19,22)(H,20,23)(H,21,24). The maximum atomic E-state index is 12.5. The van der Waals surface area contributed by atoms with Crippen molar-refractivity contribution >= 4 is 34.1 Å². The molecule has 3 aromatic rings. The van der Waals surface area contributed by atoms with Gasteiger partial charge in [0.25, 0.3) is 5.91 Å². The van der Waals surface area contributed by atoms with Crippen molar-refractivity contribution in [1.82, 2.24) is 10.2 Å². The summed E-state index contributed by atoms with van der Waals surface area (Å²) in [5.74, 6) is 0.0246. The summed E-state index contributed by atoms with van der Waals surface area (Å²) in [6.45, 7) is 0. The summed E-state index contributed by atoms with van der Waals surface area (Å²) in [7, 11) is 0. The van der Waals surface area contributed by atoms with Gasteiger partial charge < -0.3 is 10.6 Å². The molecule has 0 radical (unpaired) electrons. The molecule has 1 aliphatic carbocycles. The average molecular weight is 320 g/mol. The largest absolute Gasteiger partial charge is 0.326 e. The van der Waals surface area contributed by atoms with E-state index in [1.165, 1.54) is 0 Å². The van der Waals surface area contributed by atoms with Gasteiger partial charge >= 0.3 is 0 Å². The first-order valence-electron chi connectivity index (χ1n) is 7.85. The van der Waals surface area contributed by atoms with Gasteiger partial charge in [0, 0.05) is 22.7 Å². The van der Waals surface area contributed by atoms with Crippen molar-refractivity contribution in [2.24, 2.45) is 5.92 Å². The number of carbonyl (C=O) groups excluding carboxylic acids is 2. The Kier molecular flexibility index (Phi) is 3.49.